The quantitative estimate of drug-likeness (QED) is 0.713. The van der Waals surface area contributed by atoms with Crippen molar-refractivity contribution in [2.45, 2.75) is 25.8 Å². The first-order valence-electron chi connectivity index (χ1n) is 8.40. The minimum Gasteiger partial charge on any atom is -0.336 e. The molecule has 7 nitrogen and oxygen atoms in total. The smallest absolute Gasteiger partial charge is 0.270 e. The molecule has 25 heavy (non-hydrogen) atoms. The summed E-state index contributed by atoms with van der Waals surface area (Å²) >= 11 is 0. The molecule has 1 atom stereocenters. The molecule has 3 aromatic rings. The normalized spacial score (nSPS) is 17.8. The van der Waals surface area contributed by atoms with Crippen molar-refractivity contribution in [3.8, 4) is 0 Å². The molecule has 0 spiro atoms. The number of pyridine rings is 1. The second kappa shape index (κ2) is 6.16. The standard InChI is InChI=1S/C18H19N5O2/c1-13-19-7-10-22(13)14-5-4-8-21(12-14)17(24)15-11-20-16-6-2-3-9-23(16)18(15)25/h2-3,6-7,9-11,14H,4-5,8,12H2,1H3. The highest BCUT2D eigenvalue weighted by molar-refractivity contribution is 5.93. The number of aryl methyl sites for hydroxylation is 1. The van der Waals surface area contributed by atoms with Crippen LogP contribution in [0.3, 0.4) is 0 Å². The summed E-state index contributed by atoms with van der Waals surface area (Å²) in [6.45, 7) is 3.19. The molecule has 0 saturated carbocycles. The van der Waals surface area contributed by atoms with Gasteiger partial charge in [-0.2, -0.15) is 0 Å². The van der Waals surface area contributed by atoms with E-state index in [0.717, 1.165) is 18.7 Å². The number of nitrogens with zero attached hydrogens (tertiary/aromatic N) is 5. The van der Waals surface area contributed by atoms with Crippen LogP contribution in [0.2, 0.25) is 0 Å². The first-order chi connectivity index (χ1) is 12.1. The summed E-state index contributed by atoms with van der Waals surface area (Å²) in [5.41, 5.74) is 0.331. The highest BCUT2D eigenvalue weighted by Crippen LogP contribution is 2.23. The average molecular weight is 337 g/mol. The van der Waals surface area contributed by atoms with E-state index in [1.54, 1.807) is 29.4 Å². The molecule has 3 aromatic heterocycles. The van der Waals surface area contributed by atoms with E-state index in [0.29, 0.717) is 18.7 Å². The van der Waals surface area contributed by atoms with E-state index in [-0.39, 0.29) is 23.1 Å². The number of hydrogen-bond donors (Lipinski definition) is 0. The van der Waals surface area contributed by atoms with E-state index in [1.165, 1.54) is 10.6 Å². The largest absolute Gasteiger partial charge is 0.336 e. The summed E-state index contributed by atoms with van der Waals surface area (Å²) in [5.74, 6) is 0.685. The predicted molar refractivity (Wildman–Crippen MR) is 92.6 cm³/mol. The van der Waals surface area contributed by atoms with E-state index in [2.05, 4.69) is 14.5 Å². The highest BCUT2D eigenvalue weighted by Gasteiger charge is 2.27. The Balaban J connectivity index is 1.64. The molecule has 1 fully saturated rings. The summed E-state index contributed by atoms with van der Waals surface area (Å²) in [4.78, 5) is 35.8. The highest BCUT2D eigenvalue weighted by atomic mass is 16.2. The summed E-state index contributed by atoms with van der Waals surface area (Å²) in [5, 5.41) is 0. The van der Waals surface area contributed by atoms with E-state index < -0.39 is 0 Å². The van der Waals surface area contributed by atoms with Crippen molar-refractivity contribution in [2.75, 3.05) is 13.1 Å². The molecule has 0 N–H and O–H groups in total. The lowest BCUT2D eigenvalue weighted by atomic mass is 10.0. The van der Waals surface area contributed by atoms with E-state index >= 15 is 0 Å². The van der Waals surface area contributed by atoms with Gasteiger partial charge < -0.3 is 9.47 Å². The molecule has 4 heterocycles. The van der Waals surface area contributed by atoms with Gasteiger partial charge in [-0.05, 0) is 31.9 Å². The van der Waals surface area contributed by atoms with E-state index in [1.807, 2.05) is 19.2 Å². The number of piperidine rings is 1. The number of aromatic nitrogens is 4. The fourth-order valence-electron chi connectivity index (χ4n) is 3.48. The third-order valence-corrected chi connectivity index (χ3v) is 4.78. The number of amides is 1. The average Bonchev–Trinajstić information content (AvgIpc) is 3.08. The van der Waals surface area contributed by atoms with Crippen molar-refractivity contribution in [3.63, 3.8) is 0 Å². The molecule has 0 bridgehead atoms. The summed E-state index contributed by atoms with van der Waals surface area (Å²) in [6, 6.07) is 5.50. The minimum atomic E-state index is -0.323. The summed E-state index contributed by atoms with van der Waals surface area (Å²) in [7, 11) is 0. The number of rotatable bonds is 2. The van der Waals surface area contributed by atoms with Crippen LogP contribution in [0.5, 0.6) is 0 Å². The topological polar surface area (TPSA) is 72.5 Å². The van der Waals surface area contributed by atoms with Crippen LogP contribution in [-0.4, -0.2) is 42.8 Å². The Bertz CT molecular complexity index is 990. The molecular formula is C18H19N5O2. The molecular weight excluding hydrogens is 318 g/mol. The van der Waals surface area contributed by atoms with E-state index in [9.17, 15) is 9.59 Å². The zero-order valence-corrected chi connectivity index (χ0v) is 14.0. The Hall–Kier alpha value is -2.96. The monoisotopic (exact) mass is 337 g/mol. The van der Waals surface area contributed by atoms with Gasteiger partial charge in [-0.3, -0.25) is 14.0 Å². The Labute approximate surface area is 144 Å². The van der Waals surface area contributed by atoms with Crippen molar-refractivity contribution in [1.82, 2.24) is 23.8 Å². The van der Waals surface area contributed by atoms with Gasteiger partial charge in [-0.1, -0.05) is 6.07 Å². The third-order valence-electron chi connectivity index (χ3n) is 4.78. The molecule has 4 rings (SSSR count). The molecule has 1 aliphatic rings. The lowest BCUT2D eigenvalue weighted by Crippen LogP contribution is -2.43. The van der Waals surface area contributed by atoms with E-state index in [4.69, 9.17) is 0 Å². The maximum atomic E-state index is 12.9. The second-order valence-electron chi connectivity index (χ2n) is 6.33. The number of fused-ring (bicyclic) bond motifs is 1. The fourth-order valence-corrected chi connectivity index (χ4v) is 3.48. The Morgan fingerprint density at radius 3 is 2.92 bits per heavy atom. The summed E-state index contributed by atoms with van der Waals surface area (Å²) in [6.07, 6.45) is 8.64. The second-order valence-corrected chi connectivity index (χ2v) is 6.33. The number of carbonyl (C=O) groups excluding carboxylic acids is 1. The van der Waals surface area contributed by atoms with Crippen LogP contribution in [0.25, 0.3) is 5.65 Å². The van der Waals surface area contributed by atoms with Crippen LogP contribution in [-0.2, 0) is 0 Å². The minimum absolute atomic E-state index is 0.117. The maximum absolute atomic E-state index is 12.9. The van der Waals surface area contributed by atoms with Gasteiger partial charge in [0.05, 0.1) is 6.04 Å². The maximum Gasteiger partial charge on any atom is 0.270 e. The molecule has 1 aliphatic heterocycles. The Morgan fingerprint density at radius 1 is 1.24 bits per heavy atom. The Kier molecular flexibility index (Phi) is 3.83. The van der Waals surface area contributed by atoms with Crippen molar-refractivity contribution in [1.29, 1.82) is 0 Å². The van der Waals surface area contributed by atoms with Gasteiger partial charge >= 0.3 is 0 Å². The van der Waals surface area contributed by atoms with Crippen molar-refractivity contribution >= 4 is 11.6 Å². The number of carbonyl (C=O) groups is 1. The first-order valence-corrected chi connectivity index (χ1v) is 8.40. The summed E-state index contributed by atoms with van der Waals surface area (Å²) < 4.78 is 3.51. The fraction of sp³-hybridized carbons (Fsp3) is 0.333. The third kappa shape index (κ3) is 2.71. The molecule has 128 valence electrons. The number of imidazole rings is 1. The van der Waals surface area contributed by atoms with Crippen LogP contribution in [0.1, 0.15) is 35.1 Å². The van der Waals surface area contributed by atoms with Crippen LogP contribution in [0, 0.1) is 6.92 Å². The molecule has 1 amide bonds. The van der Waals surface area contributed by atoms with Crippen LogP contribution in [0.15, 0.2) is 47.8 Å². The molecule has 0 aliphatic carbocycles. The van der Waals surface area contributed by atoms with Crippen molar-refractivity contribution < 1.29 is 4.79 Å². The van der Waals surface area contributed by atoms with Gasteiger partial charge in [0.25, 0.3) is 11.5 Å². The van der Waals surface area contributed by atoms with Crippen LogP contribution in [0.4, 0.5) is 0 Å². The van der Waals surface area contributed by atoms with Gasteiger partial charge in [-0.15, -0.1) is 0 Å². The molecule has 1 unspecified atom stereocenters. The van der Waals surface area contributed by atoms with Gasteiger partial charge in [0.2, 0.25) is 0 Å². The SMILES string of the molecule is Cc1nccn1C1CCCN(C(=O)c2cnc3ccccn3c2=O)C1. The Morgan fingerprint density at radius 2 is 2.12 bits per heavy atom. The predicted octanol–water partition coefficient (Wildman–Crippen LogP) is 1.68. The van der Waals surface area contributed by atoms with Crippen molar-refractivity contribution in [3.05, 3.63) is 64.7 Å². The molecule has 0 radical (unpaired) electrons. The number of likely N-dealkylation sites (tertiary alicyclic amines) is 1. The molecule has 0 aromatic carbocycles. The van der Waals surface area contributed by atoms with Gasteiger partial charge in [0, 0.05) is 37.9 Å². The van der Waals surface area contributed by atoms with Crippen LogP contribution >= 0.6 is 0 Å². The first kappa shape index (κ1) is 15.6. The number of hydrogen-bond acceptors (Lipinski definition) is 4. The lowest BCUT2D eigenvalue weighted by molar-refractivity contribution is 0.0676. The van der Waals surface area contributed by atoms with Crippen molar-refractivity contribution in [2.24, 2.45) is 0 Å². The zero-order valence-electron chi connectivity index (χ0n) is 14.0. The van der Waals surface area contributed by atoms with Crippen LogP contribution < -0.4 is 5.56 Å². The zero-order chi connectivity index (χ0) is 17.4. The van der Waals surface area contributed by atoms with Gasteiger partial charge in [0.15, 0.2) is 0 Å². The molecule has 7 heteroatoms. The van der Waals surface area contributed by atoms with Gasteiger partial charge in [0.1, 0.15) is 17.0 Å². The molecule has 1 saturated heterocycles. The van der Waals surface area contributed by atoms with Gasteiger partial charge in [-0.25, -0.2) is 9.97 Å². The lowest BCUT2D eigenvalue weighted by Gasteiger charge is -2.33.